The molecule has 2 atom stereocenters. The number of carbonyl (C=O) groups excluding carboxylic acids is 1. The number of rotatable bonds is 4. The first kappa shape index (κ1) is 17.7. The van der Waals surface area contributed by atoms with E-state index in [1.165, 1.54) is 6.21 Å². The van der Waals surface area contributed by atoms with E-state index in [9.17, 15) is 9.90 Å². The predicted molar refractivity (Wildman–Crippen MR) is 97.7 cm³/mol. The Bertz CT molecular complexity index is 813. The summed E-state index contributed by atoms with van der Waals surface area (Å²) in [4.78, 5) is 12.2. The van der Waals surface area contributed by atoms with Crippen molar-refractivity contribution in [2.24, 2.45) is 5.10 Å². The van der Waals surface area contributed by atoms with E-state index in [0.29, 0.717) is 22.0 Å². The van der Waals surface area contributed by atoms with Crippen LogP contribution in [0.5, 0.6) is 5.75 Å². The molecule has 8 heteroatoms. The lowest BCUT2D eigenvalue weighted by Crippen LogP contribution is -2.41. The molecule has 1 saturated heterocycles. The maximum absolute atomic E-state index is 12.2. The lowest BCUT2D eigenvalue weighted by molar-refractivity contribution is -0.122. The topological polar surface area (TPSA) is 85.8 Å². The predicted octanol–water partition coefficient (Wildman–Crippen LogP) is 2.76. The number of benzene rings is 2. The van der Waals surface area contributed by atoms with Crippen molar-refractivity contribution >= 4 is 35.3 Å². The molecule has 1 aliphatic heterocycles. The van der Waals surface area contributed by atoms with Crippen LogP contribution in [-0.4, -0.2) is 23.3 Å². The summed E-state index contributed by atoms with van der Waals surface area (Å²) in [5, 5.41) is 14.3. The molecule has 2 unspecified atom stereocenters. The highest BCUT2D eigenvalue weighted by molar-refractivity contribution is 6.42. The number of carbonyl (C=O) groups is 1. The molecule has 0 aromatic heterocycles. The van der Waals surface area contributed by atoms with Crippen molar-refractivity contribution in [3.8, 4) is 5.75 Å². The van der Waals surface area contributed by atoms with Crippen LogP contribution in [0.1, 0.15) is 23.6 Å². The maximum Gasteiger partial charge on any atom is 0.258 e. The van der Waals surface area contributed by atoms with Gasteiger partial charge in [0.2, 0.25) is 0 Å². The third-order valence-electron chi connectivity index (χ3n) is 3.82. The minimum atomic E-state index is -0.430. The summed E-state index contributed by atoms with van der Waals surface area (Å²) < 4.78 is 0. The quantitative estimate of drug-likeness (QED) is 0.486. The van der Waals surface area contributed by atoms with Crippen molar-refractivity contribution in [3.63, 3.8) is 0 Å². The number of phenols is 1. The second-order valence-corrected chi connectivity index (χ2v) is 6.45. The summed E-state index contributed by atoms with van der Waals surface area (Å²) in [7, 11) is 0. The van der Waals surface area contributed by atoms with Gasteiger partial charge in [-0.15, -0.1) is 0 Å². The smallest absolute Gasteiger partial charge is 0.258 e. The normalized spacial score (nSPS) is 20.1. The van der Waals surface area contributed by atoms with Crippen molar-refractivity contribution in [2.75, 3.05) is 0 Å². The average Bonchev–Trinajstić information content (AvgIpc) is 3.07. The van der Waals surface area contributed by atoms with Crippen molar-refractivity contribution in [3.05, 3.63) is 63.6 Å². The van der Waals surface area contributed by atoms with E-state index in [1.807, 2.05) is 6.07 Å². The first-order chi connectivity index (χ1) is 12.0. The van der Waals surface area contributed by atoms with Gasteiger partial charge in [0.25, 0.3) is 5.91 Å². The van der Waals surface area contributed by atoms with E-state index in [1.54, 1.807) is 36.4 Å². The van der Waals surface area contributed by atoms with E-state index < -0.39 is 6.04 Å². The number of hydrogen-bond acceptors (Lipinski definition) is 5. The Kier molecular flexibility index (Phi) is 5.55. The molecule has 25 heavy (non-hydrogen) atoms. The fourth-order valence-electron chi connectivity index (χ4n) is 2.53. The Hall–Kier alpha value is -2.12. The molecule has 1 aliphatic rings. The zero-order valence-electron chi connectivity index (χ0n) is 13.0. The molecule has 130 valence electrons. The number of hydrazone groups is 1. The summed E-state index contributed by atoms with van der Waals surface area (Å²) in [6.07, 6.45) is 2.02. The molecule has 1 fully saturated rings. The van der Waals surface area contributed by atoms with E-state index in [-0.39, 0.29) is 17.7 Å². The van der Waals surface area contributed by atoms with Crippen LogP contribution in [0.25, 0.3) is 0 Å². The number of nitrogens with one attached hydrogen (secondary N) is 3. The lowest BCUT2D eigenvalue weighted by Gasteiger charge is -2.10. The summed E-state index contributed by atoms with van der Waals surface area (Å²) in [6.45, 7) is 0. The van der Waals surface area contributed by atoms with Gasteiger partial charge in [-0.25, -0.2) is 16.3 Å². The Morgan fingerprint density at radius 2 is 2.04 bits per heavy atom. The van der Waals surface area contributed by atoms with Gasteiger partial charge in [0.1, 0.15) is 11.8 Å². The average molecular weight is 379 g/mol. The molecule has 0 aliphatic carbocycles. The van der Waals surface area contributed by atoms with Gasteiger partial charge in [-0.05, 0) is 41.8 Å². The van der Waals surface area contributed by atoms with Gasteiger partial charge < -0.3 is 5.11 Å². The Balaban J connectivity index is 1.56. The number of hydrazine groups is 1. The van der Waals surface area contributed by atoms with Crippen molar-refractivity contribution in [1.82, 2.24) is 16.3 Å². The van der Waals surface area contributed by atoms with E-state index in [2.05, 4.69) is 21.4 Å². The fraction of sp³-hybridized carbons (Fsp3) is 0.176. The highest BCUT2D eigenvalue weighted by Crippen LogP contribution is 2.28. The zero-order valence-corrected chi connectivity index (χ0v) is 14.6. The molecule has 1 heterocycles. The molecule has 2 aromatic rings. The number of hydrogen-bond donors (Lipinski definition) is 4. The van der Waals surface area contributed by atoms with E-state index >= 15 is 0 Å². The molecule has 4 N–H and O–H groups in total. The minimum absolute atomic E-state index is 0.0550. The number of amides is 1. The molecule has 6 nitrogen and oxygen atoms in total. The highest BCUT2D eigenvalue weighted by Gasteiger charge is 2.30. The van der Waals surface area contributed by atoms with Gasteiger partial charge in [0.05, 0.1) is 16.3 Å². The van der Waals surface area contributed by atoms with Crippen LogP contribution in [0.2, 0.25) is 10.0 Å². The molecule has 0 bridgehead atoms. The second kappa shape index (κ2) is 7.84. The van der Waals surface area contributed by atoms with Crippen LogP contribution < -0.4 is 16.3 Å². The van der Waals surface area contributed by atoms with Gasteiger partial charge in [0, 0.05) is 6.04 Å². The molecule has 2 aromatic carbocycles. The Morgan fingerprint density at radius 1 is 1.20 bits per heavy atom. The fourth-order valence-corrected chi connectivity index (χ4v) is 2.84. The summed E-state index contributed by atoms with van der Waals surface area (Å²) in [5.41, 5.74) is 10.1. The Labute approximate surface area is 154 Å². The number of nitrogens with zero attached hydrogens (tertiary/aromatic N) is 1. The number of phenolic OH excluding ortho intramolecular Hbond substituents is 1. The molecule has 0 saturated carbocycles. The molecular weight excluding hydrogens is 363 g/mol. The van der Waals surface area contributed by atoms with Crippen LogP contribution in [0.4, 0.5) is 0 Å². The highest BCUT2D eigenvalue weighted by atomic mass is 35.5. The van der Waals surface area contributed by atoms with Crippen LogP contribution in [-0.2, 0) is 4.79 Å². The van der Waals surface area contributed by atoms with Gasteiger partial charge in [0.15, 0.2) is 0 Å². The third-order valence-corrected chi connectivity index (χ3v) is 4.56. The van der Waals surface area contributed by atoms with Gasteiger partial charge in [-0.3, -0.25) is 4.79 Å². The number of aromatic hydroxyl groups is 1. The largest absolute Gasteiger partial charge is 0.508 e. The second-order valence-electron chi connectivity index (χ2n) is 5.63. The van der Waals surface area contributed by atoms with Crippen LogP contribution >= 0.6 is 23.2 Å². The van der Waals surface area contributed by atoms with Crippen LogP contribution in [0.3, 0.4) is 0 Å². The maximum atomic E-state index is 12.2. The van der Waals surface area contributed by atoms with Crippen molar-refractivity contribution in [2.45, 2.75) is 18.5 Å². The third kappa shape index (κ3) is 4.49. The SMILES string of the molecule is O=C(N/N=C/c1cccc(O)c1)C1CC(c2ccc(Cl)c(Cl)c2)NN1. The first-order valence-electron chi connectivity index (χ1n) is 7.61. The van der Waals surface area contributed by atoms with Gasteiger partial charge in [-0.2, -0.15) is 5.10 Å². The van der Waals surface area contributed by atoms with Crippen LogP contribution in [0, 0.1) is 0 Å². The van der Waals surface area contributed by atoms with Gasteiger partial charge >= 0.3 is 0 Å². The summed E-state index contributed by atoms with van der Waals surface area (Å²) in [5.74, 6) is -0.118. The van der Waals surface area contributed by atoms with Crippen molar-refractivity contribution < 1.29 is 9.90 Å². The number of halogens is 2. The summed E-state index contributed by atoms with van der Waals surface area (Å²) in [6, 6.07) is 11.5. The molecule has 0 radical (unpaired) electrons. The zero-order chi connectivity index (χ0) is 17.8. The van der Waals surface area contributed by atoms with Gasteiger partial charge in [-0.1, -0.05) is 41.4 Å². The standard InChI is InChI=1S/C17H16Cl2N4O2/c18-13-5-4-11(7-14(13)19)15-8-16(22-21-15)17(25)23-20-9-10-2-1-3-12(24)6-10/h1-7,9,15-16,21-22,24H,8H2,(H,23,25)/b20-9+. The van der Waals surface area contributed by atoms with Crippen molar-refractivity contribution in [1.29, 1.82) is 0 Å². The molecule has 1 amide bonds. The molecule has 0 spiro atoms. The lowest BCUT2D eigenvalue weighted by atomic mass is 10.0. The minimum Gasteiger partial charge on any atom is -0.508 e. The molecular formula is C17H16Cl2N4O2. The van der Waals surface area contributed by atoms with E-state index in [4.69, 9.17) is 23.2 Å². The monoisotopic (exact) mass is 378 g/mol. The molecule has 3 rings (SSSR count). The van der Waals surface area contributed by atoms with Crippen LogP contribution in [0.15, 0.2) is 47.6 Å². The summed E-state index contributed by atoms with van der Waals surface area (Å²) >= 11 is 12.0. The first-order valence-corrected chi connectivity index (χ1v) is 8.36. The van der Waals surface area contributed by atoms with E-state index in [0.717, 1.165) is 5.56 Å². The Morgan fingerprint density at radius 3 is 2.80 bits per heavy atom.